The van der Waals surface area contributed by atoms with Crippen molar-refractivity contribution in [3.63, 3.8) is 0 Å². The Balaban J connectivity index is 1.60. The lowest BCUT2D eigenvalue weighted by molar-refractivity contribution is -0.0734. The molecule has 1 saturated heterocycles. The lowest BCUT2D eigenvalue weighted by Gasteiger charge is -2.35. The maximum absolute atomic E-state index is 6.03. The van der Waals surface area contributed by atoms with Crippen molar-refractivity contribution in [2.24, 2.45) is 0 Å². The fourth-order valence-corrected chi connectivity index (χ4v) is 3.09. The van der Waals surface area contributed by atoms with Crippen LogP contribution in [0, 0.1) is 0 Å². The molecule has 0 radical (unpaired) electrons. The van der Waals surface area contributed by atoms with Gasteiger partial charge >= 0.3 is 0 Å². The van der Waals surface area contributed by atoms with Gasteiger partial charge in [0, 0.05) is 19.6 Å². The molecule has 4 nitrogen and oxygen atoms in total. The normalized spacial score (nSPS) is 22.7. The first-order chi connectivity index (χ1) is 10.6. The van der Waals surface area contributed by atoms with E-state index in [-0.39, 0.29) is 12.2 Å². The largest absolute Gasteiger partial charge is 0.488 e. The highest BCUT2D eigenvalue weighted by molar-refractivity contribution is 6.37. The fraction of sp³-hybridized carbons (Fsp3) is 0.625. The predicted octanol–water partition coefficient (Wildman–Crippen LogP) is 3.50. The topological polar surface area (TPSA) is 30.9 Å². The molecule has 0 bridgehead atoms. The third kappa shape index (κ3) is 5.60. The first-order valence-electron chi connectivity index (χ1n) is 7.58. The van der Waals surface area contributed by atoms with Crippen molar-refractivity contribution in [1.29, 1.82) is 0 Å². The molecule has 1 aliphatic heterocycles. The molecule has 2 unspecified atom stereocenters. The minimum Gasteiger partial charge on any atom is -0.488 e. The summed E-state index contributed by atoms with van der Waals surface area (Å²) in [5.41, 5.74) is 0. The van der Waals surface area contributed by atoms with Crippen LogP contribution < -0.4 is 4.74 Å². The quantitative estimate of drug-likeness (QED) is 0.706. The summed E-state index contributed by atoms with van der Waals surface area (Å²) in [6, 6.07) is 5.30. The molecule has 1 fully saturated rings. The average molecular weight is 348 g/mol. The Morgan fingerprint density at radius 3 is 2.36 bits per heavy atom. The van der Waals surface area contributed by atoms with Gasteiger partial charge in [-0.15, -0.1) is 0 Å². The Labute approximate surface area is 142 Å². The number of ether oxygens (including phenoxy) is 3. The standard InChI is InChI=1S/C16H23Cl2NO3/c1-12-10-19(11-13(2)22-12)6-7-20-8-9-21-16-14(17)4-3-5-15(16)18/h3-5,12-13H,6-11H2,1-2H3. The monoisotopic (exact) mass is 347 g/mol. The number of benzene rings is 1. The van der Waals surface area contributed by atoms with E-state index < -0.39 is 0 Å². The second-order valence-electron chi connectivity index (χ2n) is 5.53. The highest BCUT2D eigenvalue weighted by Gasteiger charge is 2.21. The zero-order chi connectivity index (χ0) is 15.9. The number of para-hydroxylation sites is 1. The summed E-state index contributed by atoms with van der Waals surface area (Å²) in [6.45, 7) is 8.65. The molecule has 1 heterocycles. The molecular weight excluding hydrogens is 325 g/mol. The van der Waals surface area contributed by atoms with Crippen molar-refractivity contribution < 1.29 is 14.2 Å². The molecule has 0 aliphatic carbocycles. The number of rotatable bonds is 7. The molecule has 0 aromatic heterocycles. The molecule has 1 aliphatic rings. The van der Waals surface area contributed by atoms with Crippen LogP contribution >= 0.6 is 23.2 Å². The fourth-order valence-electron chi connectivity index (χ4n) is 2.59. The van der Waals surface area contributed by atoms with Gasteiger partial charge in [-0.05, 0) is 26.0 Å². The van der Waals surface area contributed by atoms with Gasteiger partial charge in [0.1, 0.15) is 6.61 Å². The second kappa shape index (κ2) is 8.94. The summed E-state index contributed by atoms with van der Waals surface area (Å²) in [6.07, 6.45) is 0.573. The van der Waals surface area contributed by atoms with E-state index in [2.05, 4.69) is 18.7 Å². The molecule has 0 N–H and O–H groups in total. The average Bonchev–Trinajstić information content (AvgIpc) is 2.44. The molecule has 0 spiro atoms. The summed E-state index contributed by atoms with van der Waals surface area (Å²) >= 11 is 12.1. The van der Waals surface area contributed by atoms with E-state index in [1.807, 2.05) is 0 Å². The van der Waals surface area contributed by atoms with Crippen LogP contribution in [0.3, 0.4) is 0 Å². The van der Waals surface area contributed by atoms with Gasteiger partial charge in [-0.1, -0.05) is 29.3 Å². The molecule has 0 amide bonds. The van der Waals surface area contributed by atoms with Crippen LogP contribution in [0.1, 0.15) is 13.8 Å². The highest BCUT2D eigenvalue weighted by Crippen LogP contribution is 2.32. The van der Waals surface area contributed by atoms with E-state index in [4.69, 9.17) is 37.4 Å². The number of hydrogen-bond donors (Lipinski definition) is 0. The molecule has 0 saturated carbocycles. The van der Waals surface area contributed by atoms with Crippen LogP contribution in [0.4, 0.5) is 0 Å². The molecule has 6 heteroatoms. The summed E-state index contributed by atoms with van der Waals surface area (Å²) in [4.78, 5) is 2.37. The maximum atomic E-state index is 6.03. The molecule has 2 atom stereocenters. The van der Waals surface area contributed by atoms with Crippen LogP contribution in [0.25, 0.3) is 0 Å². The summed E-state index contributed by atoms with van der Waals surface area (Å²) in [7, 11) is 0. The van der Waals surface area contributed by atoms with Crippen LogP contribution in [0.2, 0.25) is 10.0 Å². The van der Waals surface area contributed by atoms with Crippen molar-refractivity contribution in [2.45, 2.75) is 26.1 Å². The first kappa shape index (κ1) is 17.8. The third-order valence-electron chi connectivity index (χ3n) is 3.44. The van der Waals surface area contributed by atoms with Crippen LogP contribution in [-0.4, -0.2) is 56.6 Å². The van der Waals surface area contributed by atoms with Crippen molar-refractivity contribution in [1.82, 2.24) is 4.90 Å². The van der Waals surface area contributed by atoms with Crippen molar-refractivity contribution in [2.75, 3.05) is 39.5 Å². The van der Waals surface area contributed by atoms with E-state index >= 15 is 0 Å². The molecular formula is C16H23Cl2NO3. The number of nitrogens with zero attached hydrogens (tertiary/aromatic N) is 1. The Morgan fingerprint density at radius 2 is 1.73 bits per heavy atom. The Morgan fingerprint density at radius 1 is 1.09 bits per heavy atom. The second-order valence-corrected chi connectivity index (χ2v) is 6.34. The van der Waals surface area contributed by atoms with Crippen LogP contribution in [-0.2, 0) is 9.47 Å². The summed E-state index contributed by atoms with van der Waals surface area (Å²) in [5.74, 6) is 0.519. The van der Waals surface area contributed by atoms with E-state index in [1.54, 1.807) is 18.2 Å². The van der Waals surface area contributed by atoms with Gasteiger partial charge in [0.05, 0.1) is 35.5 Å². The molecule has 1 aromatic carbocycles. The smallest absolute Gasteiger partial charge is 0.156 e. The Bertz CT molecular complexity index is 442. The zero-order valence-electron chi connectivity index (χ0n) is 13.1. The zero-order valence-corrected chi connectivity index (χ0v) is 14.6. The predicted molar refractivity (Wildman–Crippen MR) is 89.2 cm³/mol. The highest BCUT2D eigenvalue weighted by atomic mass is 35.5. The number of morpholine rings is 1. The molecule has 1 aromatic rings. The van der Waals surface area contributed by atoms with Gasteiger partial charge < -0.3 is 14.2 Å². The van der Waals surface area contributed by atoms with Crippen molar-refractivity contribution in [3.8, 4) is 5.75 Å². The van der Waals surface area contributed by atoms with Gasteiger partial charge in [0.25, 0.3) is 0 Å². The number of halogens is 2. The van der Waals surface area contributed by atoms with E-state index in [0.29, 0.717) is 35.6 Å². The van der Waals surface area contributed by atoms with Crippen molar-refractivity contribution in [3.05, 3.63) is 28.2 Å². The minimum atomic E-state index is 0.287. The van der Waals surface area contributed by atoms with Crippen LogP contribution in [0.15, 0.2) is 18.2 Å². The van der Waals surface area contributed by atoms with Crippen molar-refractivity contribution >= 4 is 23.2 Å². The summed E-state index contributed by atoms with van der Waals surface area (Å²) in [5, 5.41) is 1.03. The van der Waals surface area contributed by atoms with Gasteiger partial charge in [0.2, 0.25) is 0 Å². The Kier molecular flexibility index (Phi) is 7.25. The summed E-state index contributed by atoms with van der Waals surface area (Å²) < 4.78 is 16.9. The SMILES string of the molecule is CC1CN(CCOCCOc2c(Cl)cccc2Cl)CC(C)O1. The minimum absolute atomic E-state index is 0.287. The Hall–Kier alpha value is -0.520. The van der Waals surface area contributed by atoms with E-state index in [1.165, 1.54) is 0 Å². The first-order valence-corrected chi connectivity index (χ1v) is 8.34. The van der Waals surface area contributed by atoms with Crippen LogP contribution in [0.5, 0.6) is 5.75 Å². The van der Waals surface area contributed by atoms with E-state index in [9.17, 15) is 0 Å². The van der Waals surface area contributed by atoms with Gasteiger partial charge in [-0.25, -0.2) is 0 Å². The lowest BCUT2D eigenvalue weighted by atomic mass is 10.2. The van der Waals surface area contributed by atoms with Gasteiger partial charge in [0.15, 0.2) is 5.75 Å². The lowest BCUT2D eigenvalue weighted by Crippen LogP contribution is -2.46. The van der Waals surface area contributed by atoms with Gasteiger partial charge in [-0.2, -0.15) is 0 Å². The molecule has 22 heavy (non-hydrogen) atoms. The maximum Gasteiger partial charge on any atom is 0.156 e. The van der Waals surface area contributed by atoms with Gasteiger partial charge in [-0.3, -0.25) is 4.90 Å². The molecule has 2 rings (SSSR count). The number of hydrogen-bond acceptors (Lipinski definition) is 4. The third-order valence-corrected chi connectivity index (χ3v) is 4.04. The molecule has 124 valence electrons. The van der Waals surface area contributed by atoms with E-state index in [0.717, 1.165) is 19.6 Å².